The van der Waals surface area contributed by atoms with Gasteiger partial charge in [-0.1, -0.05) is 131 Å². The number of aromatic nitrogens is 2. The molecule has 0 saturated carbocycles. The van der Waals surface area contributed by atoms with Crippen LogP contribution in [0.25, 0.3) is 50.1 Å². The first-order chi connectivity index (χ1) is 25.3. The van der Waals surface area contributed by atoms with Gasteiger partial charge >= 0.3 is 0 Å². The third-order valence-corrected chi connectivity index (χ3v) is 11.6. The van der Waals surface area contributed by atoms with Crippen LogP contribution in [0.15, 0.2) is 164 Å². The van der Waals surface area contributed by atoms with Crippen molar-refractivity contribution in [2.75, 3.05) is 4.90 Å². The van der Waals surface area contributed by atoms with Crippen molar-refractivity contribution in [2.24, 2.45) is 0 Å². The van der Waals surface area contributed by atoms with Gasteiger partial charge in [-0.05, 0) is 99.1 Å². The third-order valence-electron chi connectivity index (χ3n) is 11.6. The van der Waals surface area contributed by atoms with Crippen molar-refractivity contribution in [1.82, 2.24) is 9.55 Å². The molecular weight excluding hydrogens is 631 g/mol. The molecule has 3 heterocycles. The Morgan fingerprint density at radius 2 is 1.08 bits per heavy atom. The van der Waals surface area contributed by atoms with E-state index in [1.54, 1.807) is 0 Å². The van der Waals surface area contributed by atoms with Crippen LogP contribution >= 0.6 is 0 Å². The molecule has 0 spiro atoms. The minimum absolute atomic E-state index is 0.0943. The van der Waals surface area contributed by atoms with Gasteiger partial charge < -0.3 is 9.47 Å². The molecule has 0 amide bonds. The number of benzene rings is 6. The summed E-state index contributed by atoms with van der Waals surface area (Å²) < 4.78 is 2.44. The van der Waals surface area contributed by atoms with Crippen molar-refractivity contribution in [3.05, 3.63) is 186 Å². The van der Waals surface area contributed by atoms with Crippen molar-refractivity contribution < 1.29 is 0 Å². The summed E-state index contributed by atoms with van der Waals surface area (Å²) in [5.41, 5.74) is 19.4. The molecule has 250 valence electrons. The van der Waals surface area contributed by atoms with Crippen LogP contribution in [0.3, 0.4) is 0 Å². The SMILES string of the molecule is CC1(C)c2ccccc2-c2ccc(N(c3ccc(-c4ccccc4)cc3)c3ccc(-c4c5n(c6cccnc46)-c4ccccc4C5(C)C)cc3)cc21. The molecule has 2 aromatic heterocycles. The Kier molecular flexibility index (Phi) is 6.57. The standard InChI is InChI=1S/C49H39N3/c1-48(2)40-16-9-8-15-38(40)39-29-28-37(31-42(39)48)51(35-24-20-33(21-25-35)32-13-6-5-7-14-32)36-26-22-34(23-27-36)45-46-44(19-12-30-50-46)52-43-18-11-10-17-41(43)49(3,4)47(45)52/h5-31H,1-4H3. The lowest BCUT2D eigenvalue weighted by Gasteiger charge is -2.28. The third kappa shape index (κ3) is 4.35. The van der Waals surface area contributed by atoms with Gasteiger partial charge in [-0.15, -0.1) is 0 Å². The van der Waals surface area contributed by atoms with Crippen molar-refractivity contribution in [3.8, 4) is 39.1 Å². The fourth-order valence-electron chi connectivity index (χ4n) is 9.04. The predicted molar refractivity (Wildman–Crippen MR) is 216 cm³/mol. The molecule has 0 saturated heterocycles. The lowest BCUT2D eigenvalue weighted by atomic mass is 9.80. The molecule has 52 heavy (non-hydrogen) atoms. The average Bonchev–Trinajstić information content (AvgIpc) is 3.74. The number of nitrogens with zero attached hydrogens (tertiary/aromatic N) is 3. The summed E-state index contributed by atoms with van der Waals surface area (Å²) >= 11 is 0. The van der Waals surface area contributed by atoms with Crippen molar-refractivity contribution >= 4 is 28.1 Å². The highest BCUT2D eigenvalue weighted by molar-refractivity contribution is 5.99. The molecule has 6 aromatic carbocycles. The number of hydrogen-bond donors (Lipinski definition) is 0. The van der Waals surface area contributed by atoms with E-state index < -0.39 is 0 Å². The first-order valence-electron chi connectivity index (χ1n) is 18.2. The summed E-state index contributed by atoms with van der Waals surface area (Å²) in [5.74, 6) is 0. The molecule has 0 fully saturated rings. The fraction of sp³-hybridized carbons (Fsp3) is 0.122. The molecule has 10 rings (SSSR count). The van der Waals surface area contributed by atoms with Crippen LogP contribution in [-0.4, -0.2) is 9.55 Å². The highest BCUT2D eigenvalue weighted by atomic mass is 15.1. The van der Waals surface area contributed by atoms with Crippen LogP contribution < -0.4 is 4.90 Å². The van der Waals surface area contributed by atoms with Gasteiger partial charge in [0.1, 0.15) is 0 Å². The van der Waals surface area contributed by atoms with Crippen molar-refractivity contribution in [3.63, 3.8) is 0 Å². The lowest BCUT2D eigenvalue weighted by molar-refractivity contribution is 0.646. The lowest BCUT2D eigenvalue weighted by Crippen LogP contribution is -2.17. The second kappa shape index (κ2) is 11.2. The van der Waals surface area contributed by atoms with Gasteiger partial charge in [-0.25, -0.2) is 0 Å². The topological polar surface area (TPSA) is 21.1 Å². The largest absolute Gasteiger partial charge is 0.310 e. The molecule has 1 aliphatic carbocycles. The first kappa shape index (κ1) is 30.6. The van der Waals surface area contributed by atoms with Crippen LogP contribution in [0.4, 0.5) is 17.1 Å². The molecular formula is C49H39N3. The molecule has 0 atom stereocenters. The minimum atomic E-state index is -0.174. The van der Waals surface area contributed by atoms with Gasteiger partial charge in [-0.3, -0.25) is 4.98 Å². The van der Waals surface area contributed by atoms with Gasteiger partial charge in [-0.2, -0.15) is 0 Å². The molecule has 2 aliphatic rings. The maximum Gasteiger partial charge on any atom is 0.0966 e. The molecule has 0 bridgehead atoms. The number of para-hydroxylation sites is 1. The Morgan fingerprint density at radius 3 is 1.83 bits per heavy atom. The van der Waals surface area contributed by atoms with Crippen LogP contribution in [0.5, 0.6) is 0 Å². The second-order valence-corrected chi connectivity index (χ2v) is 15.3. The number of anilines is 3. The number of pyridine rings is 1. The van der Waals surface area contributed by atoms with Gasteiger partial charge in [0.2, 0.25) is 0 Å². The summed E-state index contributed by atoms with van der Waals surface area (Å²) in [6.07, 6.45) is 1.92. The highest BCUT2D eigenvalue weighted by Crippen LogP contribution is 2.53. The molecule has 1 aliphatic heterocycles. The zero-order valence-electron chi connectivity index (χ0n) is 29.9. The summed E-state index contributed by atoms with van der Waals surface area (Å²) in [5, 5.41) is 0. The van der Waals surface area contributed by atoms with E-state index in [1.807, 2.05) is 12.3 Å². The molecule has 0 N–H and O–H groups in total. The van der Waals surface area contributed by atoms with Gasteiger partial charge in [0.05, 0.1) is 16.7 Å². The van der Waals surface area contributed by atoms with Gasteiger partial charge in [0.25, 0.3) is 0 Å². The van der Waals surface area contributed by atoms with Crippen LogP contribution in [-0.2, 0) is 10.8 Å². The van der Waals surface area contributed by atoms with Gasteiger partial charge in [0.15, 0.2) is 0 Å². The first-order valence-corrected chi connectivity index (χ1v) is 18.2. The molecule has 3 heteroatoms. The molecule has 0 unspecified atom stereocenters. The normalized spacial score (nSPS) is 14.5. The smallest absolute Gasteiger partial charge is 0.0966 e. The Balaban J connectivity index is 1.12. The highest BCUT2D eigenvalue weighted by Gasteiger charge is 2.41. The monoisotopic (exact) mass is 669 g/mol. The van der Waals surface area contributed by atoms with E-state index in [2.05, 4.69) is 189 Å². The van der Waals surface area contributed by atoms with E-state index in [9.17, 15) is 0 Å². The molecule has 8 aromatic rings. The summed E-state index contributed by atoms with van der Waals surface area (Å²) in [4.78, 5) is 7.38. The van der Waals surface area contributed by atoms with Gasteiger partial charge in [0, 0.05) is 45.3 Å². The average molecular weight is 670 g/mol. The maximum absolute atomic E-state index is 4.98. The number of fused-ring (bicyclic) bond motifs is 8. The van der Waals surface area contributed by atoms with E-state index in [0.717, 1.165) is 28.1 Å². The molecule has 0 radical (unpaired) electrons. The van der Waals surface area contributed by atoms with Crippen LogP contribution in [0.2, 0.25) is 0 Å². The molecule has 3 nitrogen and oxygen atoms in total. The predicted octanol–water partition coefficient (Wildman–Crippen LogP) is 12.8. The quantitative estimate of drug-likeness (QED) is 0.182. The van der Waals surface area contributed by atoms with E-state index in [0.29, 0.717) is 0 Å². The zero-order valence-corrected chi connectivity index (χ0v) is 29.9. The second-order valence-electron chi connectivity index (χ2n) is 15.3. The van der Waals surface area contributed by atoms with E-state index in [-0.39, 0.29) is 10.8 Å². The van der Waals surface area contributed by atoms with E-state index >= 15 is 0 Å². The minimum Gasteiger partial charge on any atom is -0.310 e. The zero-order chi connectivity index (χ0) is 35.2. The van der Waals surface area contributed by atoms with E-state index in [1.165, 1.54) is 61.5 Å². The van der Waals surface area contributed by atoms with Crippen molar-refractivity contribution in [2.45, 2.75) is 38.5 Å². The summed E-state index contributed by atoms with van der Waals surface area (Å²) in [6.45, 7) is 9.39. The Morgan fingerprint density at radius 1 is 0.481 bits per heavy atom. The maximum atomic E-state index is 4.98. The summed E-state index contributed by atoms with van der Waals surface area (Å²) in [7, 11) is 0. The summed E-state index contributed by atoms with van der Waals surface area (Å²) in [6, 6.07) is 57.6. The Labute approximate surface area is 305 Å². The number of hydrogen-bond acceptors (Lipinski definition) is 2. The van der Waals surface area contributed by atoms with Crippen LogP contribution in [0.1, 0.15) is 50.1 Å². The van der Waals surface area contributed by atoms with E-state index in [4.69, 9.17) is 4.98 Å². The van der Waals surface area contributed by atoms with Crippen LogP contribution in [0, 0.1) is 0 Å². The fourth-order valence-corrected chi connectivity index (χ4v) is 9.04. The number of rotatable bonds is 5. The Hall–Kier alpha value is -6.19. The van der Waals surface area contributed by atoms with Crippen molar-refractivity contribution in [1.29, 1.82) is 0 Å². The Bertz CT molecular complexity index is 2660.